The third kappa shape index (κ3) is 5.22. The lowest BCUT2D eigenvalue weighted by Gasteiger charge is -2.33. The molecule has 1 rings (SSSR count). The van der Waals surface area contributed by atoms with Gasteiger partial charge >= 0.3 is 0 Å². The van der Waals surface area contributed by atoms with E-state index < -0.39 is 10.0 Å². The molecule has 18 heavy (non-hydrogen) atoms. The molecule has 0 saturated carbocycles. The van der Waals surface area contributed by atoms with Crippen molar-refractivity contribution in [3.8, 4) is 0 Å². The molecule has 1 fully saturated rings. The van der Waals surface area contributed by atoms with Crippen LogP contribution in [0, 0.1) is 0 Å². The van der Waals surface area contributed by atoms with Crippen LogP contribution in [0.1, 0.15) is 33.6 Å². The van der Waals surface area contributed by atoms with Crippen molar-refractivity contribution >= 4 is 10.0 Å². The first-order valence-electron chi connectivity index (χ1n) is 6.57. The number of rotatable bonds is 6. The van der Waals surface area contributed by atoms with Gasteiger partial charge in [0.25, 0.3) is 0 Å². The first-order valence-corrected chi connectivity index (χ1v) is 8.42. The van der Waals surface area contributed by atoms with Gasteiger partial charge in [-0.15, -0.1) is 0 Å². The molecule has 5 nitrogen and oxygen atoms in total. The summed E-state index contributed by atoms with van der Waals surface area (Å²) < 4.78 is 29.9. The van der Waals surface area contributed by atoms with Crippen molar-refractivity contribution in [3.05, 3.63) is 0 Å². The zero-order valence-corrected chi connectivity index (χ0v) is 12.7. The van der Waals surface area contributed by atoms with Gasteiger partial charge in [-0.2, -0.15) is 0 Å². The van der Waals surface area contributed by atoms with Gasteiger partial charge in [-0.25, -0.2) is 12.7 Å². The second-order valence-electron chi connectivity index (χ2n) is 5.51. The first-order chi connectivity index (χ1) is 8.24. The average Bonchev–Trinajstić information content (AvgIpc) is 2.26. The number of nitrogens with zero attached hydrogens (tertiary/aromatic N) is 1. The largest absolute Gasteiger partial charge is 0.375 e. The molecule has 0 aromatic rings. The third-order valence-electron chi connectivity index (χ3n) is 3.27. The molecule has 6 heteroatoms. The standard InChI is InChI=1S/C12H26N2O3S/c1-5-17-12(2,3)10-13-11-6-8-14(9-7-11)18(4,15)16/h11,13H,5-10H2,1-4H3. The van der Waals surface area contributed by atoms with E-state index in [1.54, 1.807) is 4.31 Å². The van der Waals surface area contributed by atoms with Crippen LogP contribution in [0.3, 0.4) is 0 Å². The fourth-order valence-corrected chi connectivity index (χ4v) is 3.10. The van der Waals surface area contributed by atoms with Crippen LogP contribution < -0.4 is 5.32 Å². The highest BCUT2D eigenvalue weighted by Crippen LogP contribution is 2.14. The maximum absolute atomic E-state index is 11.4. The summed E-state index contributed by atoms with van der Waals surface area (Å²) in [5.74, 6) is 0. The zero-order valence-electron chi connectivity index (χ0n) is 11.9. The Morgan fingerprint density at radius 1 is 1.33 bits per heavy atom. The van der Waals surface area contributed by atoms with Gasteiger partial charge in [-0.05, 0) is 33.6 Å². The second-order valence-corrected chi connectivity index (χ2v) is 7.49. The Bertz CT molecular complexity index is 346. The summed E-state index contributed by atoms with van der Waals surface area (Å²) in [6, 6.07) is 0.391. The van der Waals surface area contributed by atoms with Crippen LogP contribution in [0.2, 0.25) is 0 Å². The molecule has 1 aliphatic heterocycles. The van der Waals surface area contributed by atoms with Crippen LogP contribution in [0.4, 0.5) is 0 Å². The minimum atomic E-state index is -3.02. The third-order valence-corrected chi connectivity index (χ3v) is 4.58. The van der Waals surface area contributed by atoms with Gasteiger partial charge in [0.05, 0.1) is 11.9 Å². The molecule has 1 saturated heterocycles. The van der Waals surface area contributed by atoms with Crippen LogP contribution in [-0.2, 0) is 14.8 Å². The van der Waals surface area contributed by atoms with E-state index in [-0.39, 0.29) is 5.60 Å². The summed E-state index contributed by atoms with van der Waals surface area (Å²) >= 11 is 0. The highest BCUT2D eigenvalue weighted by Gasteiger charge is 2.26. The molecule has 0 radical (unpaired) electrons. The Balaban J connectivity index is 2.32. The van der Waals surface area contributed by atoms with Gasteiger partial charge in [0.15, 0.2) is 0 Å². The van der Waals surface area contributed by atoms with E-state index >= 15 is 0 Å². The molecule has 0 bridgehead atoms. The molecule has 0 amide bonds. The van der Waals surface area contributed by atoms with Crippen molar-refractivity contribution in [3.63, 3.8) is 0 Å². The molecule has 108 valence electrons. The Hall–Kier alpha value is -0.170. The maximum Gasteiger partial charge on any atom is 0.211 e. The van der Waals surface area contributed by atoms with Crippen LogP contribution in [0.15, 0.2) is 0 Å². The van der Waals surface area contributed by atoms with Gasteiger partial charge < -0.3 is 10.1 Å². The van der Waals surface area contributed by atoms with E-state index in [0.29, 0.717) is 25.7 Å². The lowest BCUT2D eigenvalue weighted by Crippen LogP contribution is -2.48. The summed E-state index contributed by atoms with van der Waals surface area (Å²) in [4.78, 5) is 0. The van der Waals surface area contributed by atoms with Gasteiger partial charge in [-0.3, -0.25) is 0 Å². The summed E-state index contributed by atoms with van der Waals surface area (Å²) in [5.41, 5.74) is -0.164. The molecule has 0 aliphatic carbocycles. The van der Waals surface area contributed by atoms with Gasteiger partial charge in [0, 0.05) is 32.3 Å². The topological polar surface area (TPSA) is 58.6 Å². The van der Waals surface area contributed by atoms with E-state index in [9.17, 15) is 8.42 Å². The SMILES string of the molecule is CCOC(C)(C)CNC1CCN(S(C)(=O)=O)CC1. The van der Waals surface area contributed by atoms with E-state index in [2.05, 4.69) is 19.2 Å². The average molecular weight is 278 g/mol. The Morgan fingerprint density at radius 3 is 2.33 bits per heavy atom. The van der Waals surface area contributed by atoms with Gasteiger partial charge in [0.2, 0.25) is 10.0 Å². The zero-order chi connectivity index (χ0) is 13.8. The predicted octanol–water partition coefficient (Wildman–Crippen LogP) is 0.815. The fourth-order valence-electron chi connectivity index (χ4n) is 2.22. The summed E-state index contributed by atoms with van der Waals surface area (Å²) in [7, 11) is -3.02. The molecule has 0 aromatic heterocycles. The number of nitrogens with one attached hydrogen (secondary N) is 1. The lowest BCUT2D eigenvalue weighted by atomic mass is 10.0. The summed E-state index contributed by atoms with van der Waals surface area (Å²) in [5, 5.41) is 3.47. The number of hydrogen-bond donors (Lipinski definition) is 1. The Morgan fingerprint density at radius 2 is 1.89 bits per heavy atom. The Labute approximate surface area is 111 Å². The molecule has 1 N–H and O–H groups in total. The van der Waals surface area contributed by atoms with Crippen molar-refractivity contribution in [2.45, 2.75) is 45.3 Å². The summed E-state index contributed by atoms with van der Waals surface area (Å²) in [6.45, 7) is 8.86. The van der Waals surface area contributed by atoms with E-state index in [0.717, 1.165) is 19.4 Å². The van der Waals surface area contributed by atoms with Crippen LogP contribution in [-0.4, -0.2) is 56.9 Å². The number of ether oxygens (including phenoxy) is 1. The molecule has 0 aromatic carbocycles. The molecule has 0 atom stereocenters. The Kier molecular flexibility index (Phi) is 5.58. The van der Waals surface area contributed by atoms with Crippen LogP contribution in [0.25, 0.3) is 0 Å². The van der Waals surface area contributed by atoms with E-state index in [1.807, 2.05) is 6.92 Å². The molecule has 0 spiro atoms. The summed E-state index contributed by atoms with van der Waals surface area (Å²) in [6.07, 6.45) is 3.02. The smallest absolute Gasteiger partial charge is 0.211 e. The molecule has 1 heterocycles. The second kappa shape index (κ2) is 6.32. The molecule has 0 unspecified atom stereocenters. The molecular weight excluding hydrogens is 252 g/mol. The van der Waals surface area contributed by atoms with Crippen LogP contribution >= 0.6 is 0 Å². The number of hydrogen-bond acceptors (Lipinski definition) is 4. The highest BCUT2D eigenvalue weighted by atomic mass is 32.2. The lowest BCUT2D eigenvalue weighted by molar-refractivity contribution is -0.0115. The maximum atomic E-state index is 11.4. The van der Waals surface area contributed by atoms with E-state index in [4.69, 9.17) is 4.74 Å². The molecule has 1 aliphatic rings. The van der Waals surface area contributed by atoms with Gasteiger partial charge in [0.1, 0.15) is 0 Å². The first kappa shape index (κ1) is 15.9. The minimum absolute atomic E-state index is 0.164. The van der Waals surface area contributed by atoms with Crippen molar-refractivity contribution in [2.24, 2.45) is 0 Å². The van der Waals surface area contributed by atoms with Gasteiger partial charge in [-0.1, -0.05) is 0 Å². The fraction of sp³-hybridized carbons (Fsp3) is 1.00. The quantitative estimate of drug-likeness (QED) is 0.781. The van der Waals surface area contributed by atoms with Crippen molar-refractivity contribution in [1.29, 1.82) is 0 Å². The number of piperidine rings is 1. The molecular formula is C12H26N2O3S. The number of sulfonamides is 1. The minimum Gasteiger partial charge on any atom is -0.375 e. The van der Waals surface area contributed by atoms with E-state index in [1.165, 1.54) is 6.26 Å². The van der Waals surface area contributed by atoms with Crippen molar-refractivity contribution in [1.82, 2.24) is 9.62 Å². The van der Waals surface area contributed by atoms with Crippen molar-refractivity contribution in [2.75, 3.05) is 32.5 Å². The monoisotopic (exact) mass is 278 g/mol. The normalized spacial score (nSPS) is 20.2. The predicted molar refractivity (Wildman–Crippen MR) is 73.1 cm³/mol. The van der Waals surface area contributed by atoms with Crippen molar-refractivity contribution < 1.29 is 13.2 Å². The highest BCUT2D eigenvalue weighted by molar-refractivity contribution is 7.88. The van der Waals surface area contributed by atoms with Crippen LogP contribution in [0.5, 0.6) is 0 Å².